The molecular formula is C9H14N2O2. The number of nitrogens with one attached hydrogen (secondary N) is 1. The maximum atomic E-state index is 11.4. The highest BCUT2D eigenvalue weighted by Gasteiger charge is 2.06. The van der Waals surface area contributed by atoms with Gasteiger partial charge in [0.15, 0.2) is 5.69 Å². The highest BCUT2D eigenvalue weighted by Crippen LogP contribution is 2.20. The second kappa shape index (κ2) is 4.11. The van der Waals surface area contributed by atoms with Gasteiger partial charge in [-0.1, -0.05) is 0 Å². The third-order valence-corrected chi connectivity index (χ3v) is 1.88. The molecule has 0 amide bonds. The standard InChI is InChI=1S/C9H14N2O2/c1-3-11(12)9-6-7(13-2)4-5-8(9)10/h4-6,11H,3,10H2,1-2H3. The molecule has 1 atom stereocenters. The van der Waals surface area contributed by atoms with Gasteiger partial charge >= 0.3 is 0 Å². The summed E-state index contributed by atoms with van der Waals surface area (Å²) in [7, 11) is 1.56. The summed E-state index contributed by atoms with van der Waals surface area (Å²) in [5.41, 5.74) is 6.69. The zero-order valence-electron chi connectivity index (χ0n) is 7.83. The van der Waals surface area contributed by atoms with Crippen LogP contribution in [0, 0.1) is 5.21 Å². The summed E-state index contributed by atoms with van der Waals surface area (Å²) in [4.78, 5) is 0. The van der Waals surface area contributed by atoms with Crippen molar-refractivity contribution in [1.29, 1.82) is 0 Å². The molecule has 0 aliphatic carbocycles. The third kappa shape index (κ3) is 2.11. The lowest BCUT2D eigenvalue weighted by molar-refractivity contribution is -0.773. The highest BCUT2D eigenvalue weighted by molar-refractivity contribution is 5.60. The summed E-state index contributed by atoms with van der Waals surface area (Å²) in [6, 6.07) is 5.09. The fraction of sp³-hybridized carbons (Fsp3) is 0.333. The first-order valence-corrected chi connectivity index (χ1v) is 4.15. The van der Waals surface area contributed by atoms with Crippen LogP contribution in [0.3, 0.4) is 0 Å². The molecule has 1 aromatic rings. The minimum Gasteiger partial charge on any atom is -0.629 e. The topological polar surface area (TPSA) is 62.8 Å². The van der Waals surface area contributed by atoms with Crippen molar-refractivity contribution in [1.82, 2.24) is 0 Å². The van der Waals surface area contributed by atoms with Crippen molar-refractivity contribution in [3.63, 3.8) is 0 Å². The van der Waals surface area contributed by atoms with Gasteiger partial charge in [0, 0.05) is 6.07 Å². The summed E-state index contributed by atoms with van der Waals surface area (Å²) < 4.78 is 5.00. The number of methoxy groups -OCH3 is 1. The summed E-state index contributed by atoms with van der Waals surface area (Å²) in [5.74, 6) is 0.658. The van der Waals surface area contributed by atoms with E-state index in [1.165, 1.54) is 0 Å². The van der Waals surface area contributed by atoms with Crippen LogP contribution in [0.1, 0.15) is 6.92 Å². The van der Waals surface area contributed by atoms with Crippen LogP contribution in [0.15, 0.2) is 18.2 Å². The normalized spacial score (nSPS) is 12.5. The van der Waals surface area contributed by atoms with Crippen LogP contribution >= 0.6 is 0 Å². The van der Waals surface area contributed by atoms with Gasteiger partial charge in [-0.15, -0.1) is 0 Å². The number of rotatable bonds is 3. The van der Waals surface area contributed by atoms with Crippen molar-refractivity contribution in [2.45, 2.75) is 6.92 Å². The second-order valence-corrected chi connectivity index (χ2v) is 2.73. The Morgan fingerprint density at radius 3 is 2.77 bits per heavy atom. The molecule has 0 bridgehead atoms. The average Bonchev–Trinajstić information content (AvgIpc) is 2.17. The van der Waals surface area contributed by atoms with E-state index in [9.17, 15) is 5.21 Å². The summed E-state index contributed by atoms with van der Waals surface area (Å²) >= 11 is 0. The Labute approximate surface area is 77.5 Å². The Balaban J connectivity index is 3.03. The molecule has 4 heteroatoms. The Kier molecular flexibility index (Phi) is 3.11. The monoisotopic (exact) mass is 182 g/mol. The molecular weight excluding hydrogens is 168 g/mol. The van der Waals surface area contributed by atoms with Crippen LogP contribution in [-0.2, 0) is 0 Å². The van der Waals surface area contributed by atoms with Crippen molar-refractivity contribution < 1.29 is 9.80 Å². The summed E-state index contributed by atoms with van der Waals surface area (Å²) in [6.07, 6.45) is 0. The number of hydroxylamine groups is 1. The van der Waals surface area contributed by atoms with Gasteiger partial charge in [-0.2, -0.15) is 0 Å². The van der Waals surface area contributed by atoms with Crippen LogP contribution in [0.2, 0.25) is 0 Å². The molecule has 0 aliphatic rings. The molecule has 3 N–H and O–H groups in total. The molecule has 1 rings (SSSR count). The summed E-state index contributed by atoms with van der Waals surface area (Å²) in [5, 5.41) is 11.4. The van der Waals surface area contributed by atoms with Gasteiger partial charge in [0.05, 0.1) is 19.3 Å². The molecule has 13 heavy (non-hydrogen) atoms. The molecule has 0 radical (unpaired) electrons. The lowest BCUT2D eigenvalue weighted by Gasteiger charge is -2.21. The molecule has 72 valence electrons. The predicted molar refractivity (Wildman–Crippen MR) is 51.9 cm³/mol. The largest absolute Gasteiger partial charge is 0.629 e. The molecule has 0 saturated heterocycles. The fourth-order valence-electron chi connectivity index (χ4n) is 1.09. The van der Waals surface area contributed by atoms with Gasteiger partial charge in [-0.05, 0) is 19.1 Å². The maximum absolute atomic E-state index is 11.4. The van der Waals surface area contributed by atoms with Gasteiger partial charge < -0.3 is 20.7 Å². The van der Waals surface area contributed by atoms with E-state index in [0.29, 0.717) is 23.7 Å². The molecule has 0 spiro atoms. The lowest BCUT2D eigenvalue weighted by Crippen LogP contribution is -3.01. The number of hydrogen-bond donors (Lipinski definition) is 2. The SMILES string of the molecule is CC[NH+]([O-])c1cc(OC)ccc1N. The number of quaternary nitrogens is 1. The van der Waals surface area contributed by atoms with Crippen molar-refractivity contribution in [2.24, 2.45) is 0 Å². The van der Waals surface area contributed by atoms with Gasteiger partial charge in [-0.25, -0.2) is 0 Å². The zero-order chi connectivity index (χ0) is 9.84. The van der Waals surface area contributed by atoms with E-state index in [1.54, 1.807) is 32.2 Å². The van der Waals surface area contributed by atoms with Crippen LogP contribution in [0.5, 0.6) is 5.75 Å². The van der Waals surface area contributed by atoms with Crippen LogP contribution in [0.4, 0.5) is 11.4 Å². The van der Waals surface area contributed by atoms with Gasteiger partial charge in [0.1, 0.15) is 5.75 Å². The molecule has 4 nitrogen and oxygen atoms in total. The number of nitrogens with two attached hydrogens (primary N) is 1. The maximum Gasteiger partial charge on any atom is 0.158 e. The minimum atomic E-state index is 0.0383. The lowest BCUT2D eigenvalue weighted by atomic mass is 10.2. The Hall–Kier alpha value is -1.26. The van der Waals surface area contributed by atoms with Gasteiger partial charge in [0.25, 0.3) is 0 Å². The van der Waals surface area contributed by atoms with E-state index in [4.69, 9.17) is 10.5 Å². The molecule has 1 unspecified atom stereocenters. The Bertz CT molecular complexity index is 289. The first-order valence-electron chi connectivity index (χ1n) is 4.15. The molecule has 0 aromatic heterocycles. The van der Waals surface area contributed by atoms with E-state index in [2.05, 4.69) is 0 Å². The number of anilines is 1. The molecule has 1 aromatic carbocycles. The molecule has 0 aliphatic heterocycles. The van der Waals surface area contributed by atoms with Crippen molar-refractivity contribution in [2.75, 3.05) is 19.4 Å². The van der Waals surface area contributed by atoms with Crippen LogP contribution in [0.25, 0.3) is 0 Å². The average molecular weight is 182 g/mol. The predicted octanol–water partition coefficient (Wildman–Crippen LogP) is 0.311. The first kappa shape index (κ1) is 9.83. The number of hydrogen-bond acceptors (Lipinski definition) is 3. The third-order valence-electron chi connectivity index (χ3n) is 1.88. The van der Waals surface area contributed by atoms with Gasteiger partial charge in [0.2, 0.25) is 0 Å². The van der Waals surface area contributed by atoms with E-state index in [0.717, 1.165) is 0 Å². The Morgan fingerprint density at radius 2 is 2.23 bits per heavy atom. The molecule has 0 heterocycles. The molecule has 0 saturated carbocycles. The van der Waals surface area contributed by atoms with Crippen molar-refractivity contribution >= 4 is 11.4 Å². The van der Waals surface area contributed by atoms with E-state index < -0.39 is 0 Å². The molecule has 0 fully saturated rings. The number of ether oxygens (including phenoxy) is 1. The quantitative estimate of drug-likeness (QED) is 0.522. The zero-order valence-corrected chi connectivity index (χ0v) is 7.83. The summed E-state index contributed by atoms with van der Waals surface area (Å²) in [6.45, 7) is 2.26. The van der Waals surface area contributed by atoms with E-state index in [-0.39, 0.29) is 5.06 Å². The van der Waals surface area contributed by atoms with Crippen LogP contribution in [-0.4, -0.2) is 13.7 Å². The van der Waals surface area contributed by atoms with Crippen molar-refractivity contribution in [3.05, 3.63) is 23.4 Å². The number of benzene rings is 1. The van der Waals surface area contributed by atoms with E-state index >= 15 is 0 Å². The minimum absolute atomic E-state index is 0.0383. The number of nitrogen functional groups attached to an aromatic ring is 1. The van der Waals surface area contributed by atoms with Gasteiger partial charge in [-0.3, -0.25) is 0 Å². The smallest absolute Gasteiger partial charge is 0.158 e. The Morgan fingerprint density at radius 1 is 1.54 bits per heavy atom. The van der Waals surface area contributed by atoms with Crippen LogP contribution < -0.4 is 15.5 Å². The second-order valence-electron chi connectivity index (χ2n) is 2.73. The van der Waals surface area contributed by atoms with Crippen molar-refractivity contribution in [3.8, 4) is 5.75 Å². The fourth-order valence-corrected chi connectivity index (χ4v) is 1.09. The highest BCUT2D eigenvalue weighted by atomic mass is 16.5. The first-order chi connectivity index (χ1) is 6.19. The van der Waals surface area contributed by atoms with E-state index in [1.807, 2.05) is 0 Å².